The molecule has 0 atom stereocenters. The fourth-order valence-corrected chi connectivity index (χ4v) is 0.956. The van der Waals surface area contributed by atoms with Crippen molar-refractivity contribution in [3.63, 3.8) is 0 Å². The number of ether oxygens (including phenoxy) is 1. The Labute approximate surface area is 100.0 Å². The maximum Gasteiger partial charge on any atom is 0.356 e. The molecule has 0 saturated carbocycles. The van der Waals surface area contributed by atoms with Crippen LogP contribution in [-0.4, -0.2) is 18.1 Å². The summed E-state index contributed by atoms with van der Waals surface area (Å²) in [5, 5.41) is 0. The highest BCUT2D eigenvalue weighted by molar-refractivity contribution is 9.10. The molecule has 0 aromatic carbocycles. The third-order valence-corrected chi connectivity index (χ3v) is 1.61. The number of methoxy groups -OCH3 is 1. The molecule has 0 fully saturated rings. The number of carbonyl (C=O) groups is 1. The molecule has 1 aromatic rings. The Morgan fingerprint density at radius 3 is 2.27 bits per heavy atom. The molecule has 3 nitrogen and oxygen atoms in total. The van der Waals surface area contributed by atoms with Crippen LogP contribution in [0.25, 0.3) is 0 Å². The molecule has 0 aliphatic rings. The summed E-state index contributed by atoms with van der Waals surface area (Å²) < 4.78 is 5.28. The summed E-state index contributed by atoms with van der Waals surface area (Å²) in [4.78, 5) is 14.7. The molecule has 1 aromatic heterocycles. The first-order valence-corrected chi connectivity index (χ1v) is 5.73. The Bertz CT molecular complexity index is 277. The van der Waals surface area contributed by atoms with Crippen molar-refractivity contribution in [3.8, 4) is 0 Å². The fraction of sp³-hybridized carbons (Fsp3) is 0.455. The van der Waals surface area contributed by atoms with Gasteiger partial charge < -0.3 is 4.74 Å². The number of hydrogen-bond acceptors (Lipinski definition) is 3. The number of hydrogen-bond donors (Lipinski definition) is 0. The molecule has 0 radical (unpaired) electrons. The lowest BCUT2D eigenvalue weighted by Gasteiger charge is -1.96. The first-order valence-electron chi connectivity index (χ1n) is 4.94. The zero-order chi connectivity index (χ0) is 12.3. The van der Waals surface area contributed by atoms with Crippen LogP contribution in [0.4, 0.5) is 0 Å². The number of nitrogens with zero attached hydrogens (tertiary/aromatic N) is 1. The van der Waals surface area contributed by atoms with Crippen LogP contribution in [0.15, 0.2) is 22.8 Å². The maximum absolute atomic E-state index is 10.9. The largest absolute Gasteiger partial charge is 0.464 e. The van der Waals surface area contributed by atoms with E-state index in [1.807, 2.05) is 27.7 Å². The van der Waals surface area contributed by atoms with Gasteiger partial charge in [0.15, 0.2) is 0 Å². The molecule has 15 heavy (non-hydrogen) atoms. The second-order valence-corrected chi connectivity index (χ2v) is 2.77. The zero-order valence-electron chi connectivity index (χ0n) is 9.87. The predicted molar refractivity (Wildman–Crippen MR) is 66.0 cm³/mol. The van der Waals surface area contributed by atoms with Crippen LogP contribution >= 0.6 is 15.9 Å². The normalized spacial score (nSPS) is 7.60. The van der Waals surface area contributed by atoms with Crippen LogP contribution in [0, 0.1) is 0 Å². The van der Waals surface area contributed by atoms with Crippen LogP contribution in [0.1, 0.15) is 38.2 Å². The lowest BCUT2D eigenvalue weighted by molar-refractivity contribution is 0.0594. The van der Waals surface area contributed by atoms with Crippen LogP contribution in [0.5, 0.6) is 0 Å². The minimum atomic E-state index is -0.425. The molecule has 1 rings (SSSR count). The SMILES string of the molecule is CC.CC.COC(=O)c1cc(Br)ccn1. The molecule has 0 unspecified atom stereocenters. The Hall–Kier alpha value is -0.900. The molecular weight excluding hydrogens is 258 g/mol. The minimum absolute atomic E-state index is 0.307. The Kier molecular flexibility index (Phi) is 12.3. The monoisotopic (exact) mass is 275 g/mol. The number of aromatic nitrogens is 1. The second kappa shape index (κ2) is 11.2. The first-order chi connectivity index (χ1) is 7.24. The molecule has 1 heterocycles. The molecule has 86 valence electrons. The van der Waals surface area contributed by atoms with Gasteiger partial charge in [0.1, 0.15) is 5.69 Å². The van der Waals surface area contributed by atoms with E-state index in [-0.39, 0.29) is 0 Å². The Balaban J connectivity index is 0. The highest BCUT2D eigenvalue weighted by atomic mass is 79.9. The number of halogens is 1. The minimum Gasteiger partial charge on any atom is -0.464 e. The average molecular weight is 276 g/mol. The Morgan fingerprint density at radius 1 is 1.33 bits per heavy atom. The summed E-state index contributed by atoms with van der Waals surface area (Å²) in [5.74, 6) is -0.425. The maximum atomic E-state index is 10.9. The molecule has 0 bridgehead atoms. The van der Waals surface area contributed by atoms with Crippen molar-refractivity contribution in [2.75, 3.05) is 7.11 Å². The van der Waals surface area contributed by atoms with E-state index in [1.165, 1.54) is 13.3 Å². The summed E-state index contributed by atoms with van der Waals surface area (Å²) in [6.45, 7) is 8.00. The topological polar surface area (TPSA) is 39.2 Å². The van der Waals surface area contributed by atoms with E-state index in [0.717, 1.165) is 4.47 Å². The average Bonchev–Trinajstić information content (AvgIpc) is 2.33. The lowest BCUT2D eigenvalue weighted by Crippen LogP contribution is -2.03. The zero-order valence-corrected chi connectivity index (χ0v) is 11.5. The molecule has 0 aliphatic carbocycles. The van der Waals surface area contributed by atoms with Crippen LogP contribution in [0.2, 0.25) is 0 Å². The van der Waals surface area contributed by atoms with E-state index in [2.05, 4.69) is 25.7 Å². The van der Waals surface area contributed by atoms with E-state index in [0.29, 0.717) is 5.69 Å². The molecule has 0 saturated heterocycles. The van der Waals surface area contributed by atoms with Gasteiger partial charge in [-0.25, -0.2) is 9.78 Å². The summed E-state index contributed by atoms with van der Waals surface area (Å²) in [6.07, 6.45) is 1.54. The van der Waals surface area contributed by atoms with E-state index < -0.39 is 5.97 Å². The molecule has 4 heteroatoms. The van der Waals surface area contributed by atoms with E-state index in [9.17, 15) is 4.79 Å². The van der Waals surface area contributed by atoms with Crippen LogP contribution < -0.4 is 0 Å². The molecular formula is C11H18BrNO2. The van der Waals surface area contributed by atoms with Gasteiger partial charge in [-0.05, 0) is 12.1 Å². The van der Waals surface area contributed by atoms with Crippen molar-refractivity contribution in [1.82, 2.24) is 4.98 Å². The van der Waals surface area contributed by atoms with E-state index in [4.69, 9.17) is 0 Å². The summed E-state index contributed by atoms with van der Waals surface area (Å²) >= 11 is 3.21. The first kappa shape index (κ1) is 16.5. The molecule has 0 amide bonds. The lowest BCUT2D eigenvalue weighted by atomic mass is 10.4. The van der Waals surface area contributed by atoms with E-state index >= 15 is 0 Å². The Morgan fingerprint density at radius 2 is 1.87 bits per heavy atom. The van der Waals surface area contributed by atoms with Crippen LogP contribution in [-0.2, 0) is 4.74 Å². The van der Waals surface area contributed by atoms with Gasteiger partial charge in [0, 0.05) is 10.7 Å². The second-order valence-electron chi connectivity index (χ2n) is 1.85. The molecule has 0 aliphatic heterocycles. The van der Waals surface area contributed by atoms with Crippen molar-refractivity contribution in [2.24, 2.45) is 0 Å². The highest BCUT2D eigenvalue weighted by Crippen LogP contribution is 2.09. The number of rotatable bonds is 1. The number of pyridine rings is 1. The number of carbonyl (C=O) groups excluding carboxylic acids is 1. The van der Waals surface area contributed by atoms with E-state index in [1.54, 1.807) is 12.1 Å². The molecule has 0 N–H and O–H groups in total. The van der Waals surface area contributed by atoms with Gasteiger partial charge in [0.05, 0.1) is 7.11 Å². The smallest absolute Gasteiger partial charge is 0.356 e. The van der Waals surface area contributed by atoms with Crippen molar-refractivity contribution in [3.05, 3.63) is 28.5 Å². The number of esters is 1. The predicted octanol–water partition coefficient (Wildman–Crippen LogP) is 3.68. The molecule has 0 spiro atoms. The van der Waals surface area contributed by atoms with Gasteiger partial charge in [0.2, 0.25) is 0 Å². The van der Waals surface area contributed by atoms with Crippen molar-refractivity contribution in [1.29, 1.82) is 0 Å². The summed E-state index contributed by atoms with van der Waals surface area (Å²) in [6, 6.07) is 3.35. The fourth-order valence-electron chi connectivity index (χ4n) is 0.621. The standard InChI is InChI=1S/C7H6BrNO2.2C2H6/c1-11-7(10)6-4-5(8)2-3-9-6;2*1-2/h2-4H,1H3;2*1-2H3. The summed E-state index contributed by atoms with van der Waals surface area (Å²) in [5.41, 5.74) is 0.307. The van der Waals surface area contributed by atoms with Crippen molar-refractivity contribution >= 4 is 21.9 Å². The van der Waals surface area contributed by atoms with Gasteiger partial charge in [-0.15, -0.1) is 0 Å². The van der Waals surface area contributed by atoms with Gasteiger partial charge >= 0.3 is 5.97 Å². The van der Waals surface area contributed by atoms with Crippen LogP contribution in [0.3, 0.4) is 0 Å². The van der Waals surface area contributed by atoms with Crippen molar-refractivity contribution in [2.45, 2.75) is 27.7 Å². The van der Waals surface area contributed by atoms with Gasteiger partial charge in [-0.1, -0.05) is 43.6 Å². The van der Waals surface area contributed by atoms with Crippen molar-refractivity contribution < 1.29 is 9.53 Å². The van der Waals surface area contributed by atoms with Gasteiger partial charge in [-0.3, -0.25) is 0 Å². The van der Waals surface area contributed by atoms with Gasteiger partial charge in [-0.2, -0.15) is 0 Å². The summed E-state index contributed by atoms with van der Waals surface area (Å²) in [7, 11) is 1.32. The highest BCUT2D eigenvalue weighted by Gasteiger charge is 2.05. The third kappa shape index (κ3) is 7.08. The quantitative estimate of drug-likeness (QED) is 0.734. The van der Waals surface area contributed by atoms with Gasteiger partial charge in [0.25, 0.3) is 0 Å². The third-order valence-electron chi connectivity index (χ3n) is 1.12.